The van der Waals surface area contributed by atoms with Crippen molar-refractivity contribution in [2.45, 2.75) is 33.4 Å². The summed E-state index contributed by atoms with van der Waals surface area (Å²) < 4.78 is 4.78. The molecule has 18 heavy (non-hydrogen) atoms. The molecule has 3 heteroatoms. The Bertz CT molecular complexity index is 386. The molecule has 0 spiro atoms. The lowest BCUT2D eigenvalue weighted by molar-refractivity contribution is -0.146. The molecule has 0 heterocycles. The molecule has 0 N–H and O–H groups in total. The van der Waals surface area contributed by atoms with Crippen LogP contribution in [0.5, 0.6) is 0 Å². The Hall–Kier alpha value is -1.35. The van der Waals surface area contributed by atoms with Crippen molar-refractivity contribution in [2.75, 3.05) is 14.2 Å². The molecule has 1 rings (SSSR count). The summed E-state index contributed by atoms with van der Waals surface area (Å²) in [6.45, 7) is 6.87. The van der Waals surface area contributed by atoms with Crippen LogP contribution in [-0.2, 0) is 16.1 Å². The molecule has 0 saturated carbocycles. The van der Waals surface area contributed by atoms with Crippen LogP contribution in [0.2, 0.25) is 0 Å². The second-order valence-corrected chi connectivity index (χ2v) is 4.95. The molecule has 2 unspecified atom stereocenters. The second kappa shape index (κ2) is 6.55. The van der Waals surface area contributed by atoms with E-state index in [9.17, 15) is 4.79 Å². The quantitative estimate of drug-likeness (QED) is 0.751. The molecule has 0 bridgehead atoms. The van der Waals surface area contributed by atoms with Crippen molar-refractivity contribution in [1.82, 2.24) is 4.90 Å². The van der Waals surface area contributed by atoms with Crippen LogP contribution in [0.3, 0.4) is 0 Å². The topological polar surface area (TPSA) is 29.5 Å². The Kier molecular flexibility index (Phi) is 5.35. The van der Waals surface area contributed by atoms with Crippen LogP contribution < -0.4 is 0 Å². The van der Waals surface area contributed by atoms with Crippen molar-refractivity contribution in [3.05, 3.63) is 35.4 Å². The van der Waals surface area contributed by atoms with Crippen LogP contribution in [0.4, 0.5) is 0 Å². The van der Waals surface area contributed by atoms with Crippen LogP contribution in [0.25, 0.3) is 0 Å². The molecule has 0 aromatic heterocycles. The highest BCUT2D eigenvalue weighted by molar-refractivity contribution is 5.72. The predicted molar refractivity (Wildman–Crippen MR) is 73.3 cm³/mol. The first-order chi connectivity index (χ1) is 8.45. The highest BCUT2D eigenvalue weighted by atomic mass is 16.5. The molecule has 0 saturated heterocycles. The molecule has 100 valence electrons. The Balaban J connectivity index is 2.61. The lowest BCUT2D eigenvalue weighted by Crippen LogP contribution is -2.37. The number of hydrogen-bond acceptors (Lipinski definition) is 3. The van der Waals surface area contributed by atoms with Gasteiger partial charge in [-0.15, -0.1) is 0 Å². The van der Waals surface area contributed by atoms with Crippen LogP contribution in [0.15, 0.2) is 24.3 Å². The minimum atomic E-state index is -0.154. The van der Waals surface area contributed by atoms with Crippen molar-refractivity contribution >= 4 is 5.97 Å². The van der Waals surface area contributed by atoms with Gasteiger partial charge in [-0.2, -0.15) is 0 Å². The van der Waals surface area contributed by atoms with E-state index in [-0.39, 0.29) is 17.9 Å². The summed E-state index contributed by atoms with van der Waals surface area (Å²) in [5.41, 5.74) is 2.52. The Morgan fingerprint density at radius 1 is 1.28 bits per heavy atom. The van der Waals surface area contributed by atoms with Gasteiger partial charge in [0.15, 0.2) is 0 Å². The number of carbonyl (C=O) groups is 1. The number of benzene rings is 1. The average Bonchev–Trinajstić information content (AvgIpc) is 2.38. The van der Waals surface area contributed by atoms with E-state index < -0.39 is 0 Å². The van der Waals surface area contributed by atoms with Gasteiger partial charge in [-0.25, -0.2) is 0 Å². The lowest BCUT2D eigenvalue weighted by Gasteiger charge is -2.28. The zero-order valence-electron chi connectivity index (χ0n) is 11.9. The van der Waals surface area contributed by atoms with E-state index >= 15 is 0 Å². The molecule has 2 atom stereocenters. The number of ether oxygens (including phenoxy) is 1. The van der Waals surface area contributed by atoms with Gasteiger partial charge in [0.05, 0.1) is 13.0 Å². The zero-order chi connectivity index (χ0) is 13.7. The van der Waals surface area contributed by atoms with Crippen molar-refractivity contribution in [3.8, 4) is 0 Å². The van der Waals surface area contributed by atoms with Gasteiger partial charge in [0.2, 0.25) is 0 Å². The summed E-state index contributed by atoms with van der Waals surface area (Å²) in [6, 6.07) is 8.62. The maximum atomic E-state index is 11.5. The average molecular weight is 249 g/mol. The predicted octanol–water partition coefficient (Wildman–Crippen LogP) is 2.62. The third-order valence-electron chi connectivity index (χ3n) is 3.54. The third kappa shape index (κ3) is 3.84. The van der Waals surface area contributed by atoms with Crippen LogP contribution in [0, 0.1) is 12.8 Å². The first kappa shape index (κ1) is 14.7. The zero-order valence-corrected chi connectivity index (χ0v) is 11.9. The summed E-state index contributed by atoms with van der Waals surface area (Å²) >= 11 is 0. The number of carbonyl (C=O) groups excluding carboxylic acids is 1. The summed E-state index contributed by atoms with van der Waals surface area (Å²) in [5, 5.41) is 0. The maximum absolute atomic E-state index is 11.5. The lowest BCUT2D eigenvalue weighted by atomic mass is 10.0. The minimum absolute atomic E-state index is 0.120. The van der Waals surface area contributed by atoms with Crippen LogP contribution in [0.1, 0.15) is 25.0 Å². The first-order valence-electron chi connectivity index (χ1n) is 6.29. The fraction of sp³-hybridized carbons (Fsp3) is 0.533. The highest BCUT2D eigenvalue weighted by Gasteiger charge is 2.24. The van der Waals surface area contributed by atoms with Gasteiger partial charge < -0.3 is 4.74 Å². The standard InChI is InChI=1S/C15H23NO2/c1-11-6-8-14(9-7-11)10-16(4)13(3)12(2)15(17)18-5/h6-9,12-13H,10H2,1-5H3. The first-order valence-corrected chi connectivity index (χ1v) is 6.29. The number of rotatable bonds is 5. The third-order valence-corrected chi connectivity index (χ3v) is 3.54. The van der Waals surface area contributed by atoms with E-state index in [1.54, 1.807) is 0 Å². The van der Waals surface area contributed by atoms with Crippen molar-refractivity contribution < 1.29 is 9.53 Å². The minimum Gasteiger partial charge on any atom is -0.469 e. The number of nitrogens with zero attached hydrogens (tertiary/aromatic N) is 1. The normalized spacial score (nSPS) is 14.3. The van der Waals surface area contributed by atoms with Gasteiger partial charge in [0, 0.05) is 12.6 Å². The van der Waals surface area contributed by atoms with Crippen LogP contribution in [-0.4, -0.2) is 31.1 Å². The Labute approximate surface area is 110 Å². The van der Waals surface area contributed by atoms with E-state index in [1.807, 2.05) is 14.0 Å². The highest BCUT2D eigenvalue weighted by Crippen LogP contribution is 2.14. The molecular weight excluding hydrogens is 226 g/mol. The monoisotopic (exact) mass is 249 g/mol. The number of aryl methyl sites for hydroxylation is 1. The number of hydrogen-bond donors (Lipinski definition) is 0. The van der Waals surface area contributed by atoms with Gasteiger partial charge in [0.25, 0.3) is 0 Å². The van der Waals surface area contributed by atoms with Crippen molar-refractivity contribution in [1.29, 1.82) is 0 Å². The van der Waals surface area contributed by atoms with E-state index in [4.69, 9.17) is 4.74 Å². The smallest absolute Gasteiger partial charge is 0.309 e. The summed E-state index contributed by atoms with van der Waals surface area (Å²) in [5.74, 6) is -0.274. The second-order valence-electron chi connectivity index (χ2n) is 4.95. The van der Waals surface area contributed by atoms with Crippen LogP contribution >= 0.6 is 0 Å². The molecule has 0 amide bonds. The summed E-state index contributed by atoms with van der Waals surface area (Å²) in [6.07, 6.45) is 0. The van der Waals surface area contributed by atoms with Crippen molar-refractivity contribution in [3.63, 3.8) is 0 Å². The van der Waals surface area contributed by atoms with E-state index in [1.165, 1.54) is 18.2 Å². The molecule has 1 aromatic rings. The van der Waals surface area contributed by atoms with Crippen molar-refractivity contribution in [2.24, 2.45) is 5.92 Å². The fourth-order valence-corrected chi connectivity index (χ4v) is 1.89. The summed E-state index contributed by atoms with van der Waals surface area (Å²) in [4.78, 5) is 13.7. The molecular formula is C15H23NO2. The maximum Gasteiger partial charge on any atom is 0.309 e. The molecule has 1 aromatic carbocycles. The molecule has 0 aliphatic heterocycles. The van der Waals surface area contributed by atoms with Gasteiger partial charge in [-0.05, 0) is 26.5 Å². The molecule has 3 nitrogen and oxygen atoms in total. The summed E-state index contributed by atoms with van der Waals surface area (Å²) in [7, 11) is 3.47. The molecule has 0 fully saturated rings. The van der Waals surface area contributed by atoms with E-state index in [2.05, 4.69) is 43.0 Å². The van der Waals surface area contributed by atoms with E-state index in [0.29, 0.717) is 0 Å². The largest absolute Gasteiger partial charge is 0.469 e. The number of esters is 1. The SMILES string of the molecule is COC(=O)C(C)C(C)N(C)Cc1ccc(C)cc1. The number of methoxy groups -OCH3 is 1. The molecule has 0 aliphatic rings. The van der Waals surface area contributed by atoms with Gasteiger partial charge in [0.1, 0.15) is 0 Å². The van der Waals surface area contributed by atoms with Gasteiger partial charge in [-0.3, -0.25) is 9.69 Å². The van der Waals surface area contributed by atoms with Gasteiger partial charge >= 0.3 is 5.97 Å². The van der Waals surface area contributed by atoms with Gasteiger partial charge in [-0.1, -0.05) is 36.8 Å². The Morgan fingerprint density at radius 3 is 2.33 bits per heavy atom. The van der Waals surface area contributed by atoms with E-state index in [0.717, 1.165) is 6.54 Å². The Morgan fingerprint density at radius 2 is 1.83 bits per heavy atom. The molecule has 0 radical (unpaired) electrons. The molecule has 0 aliphatic carbocycles. The fourth-order valence-electron chi connectivity index (χ4n) is 1.89.